The third-order valence-electron chi connectivity index (χ3n) is 8.06. The van der Waals surface area contributed by atoms with Crippen LogP contribution in [0.3, 0.4) is 0 Å². The van der Waals surface area contributed by atoms with Crippen LogP contribution < -0.4 is 0 Å². The van der Waals surface area contributed by atoms with Crippen LogP contribution in [0.15, 0.2) is 11.1 Å². The lowest BCUT2D eigenvalue weighted by Crippen LogP contribution is -2.28. The lowest BCUT2D eigenvalue weighted by molar-refractivity contribution is 0.0206. The van der Waals surface area contributed by atoms with Crippen LogP contribution in [0.2, 0.25) is 0 Å². The Morgan fingerprint density at radius 1 is 1.00 bits per heavy atom. The molecule has 0 radical (unpaired) electrons. The molecule has 2 saturated carbocycles. The molecule has 0 heterocycles. The first-order valence-electron chi connectivity index (χ1n) is 8.69. The maximum Gasteiger partial charge on any atom is 0.0991 e. The molecule has 0 amide bonds. The van der Waals surface area contributed by atoms with Crippen molar-refractivity contribution in [1.82, 2.24) is 0 Å². The quantitative estimate of drug-likeness (QED) is 0.659. The van der Waals surface area contributed by atoms with Crippen molar-refractivity contribution in [1.29, 1.82) is 0 Å². The number of methoxy groups -OCH3 is 1. The lowest BCUT2D eigenvalue weighted by atomic mass is 9.82. The highest BCUT2D eigenvalue weighted by Gasteiger charge is 2.82. The minimum Gasteiger partial charge on any atom is -0.373 e. The summed E-state index contributed by atoms with van der Waals surface area (Å²) in [6.07, 6.45) is 9.06. The van der Waals surface area contributed by atoms with E-state index in [-0.39, 0.29) is 5.60 Å². The van der Waals surface area contributed by atoms with E-state index >= 15 is 0 Å². The van der Waals surface area contributed by atoms with Crippen molar-refractivity contribution >= 4 is 11.8 Å². The van der Waals surface area contributed by atoms with Gasteiger partial charge in [0.1, 0.15) is 0 Å². The van der Waals surface area contributed by atoms with Crippen molar-refractivity contribution in [2.45, 2.75) is 70.1 Å². The van der Waals surface area contributed by atoms with Gasteiger partial charge >= 0.3 is 0 Å². The molecule has 0 aromatic rings. The zero-order valence-electron chi connectivity index (χ0n) is 14.5. The van der Waals surface area contributed by atoms with Gasteiger partial charge in [-0.1, -0.05) is 34.1 Å². The fourth-order valence-corrected chi connectivity index (χ4v) is 8.00. The van der Waals surface area contributed by atoms with E-state index in [1.165, 1.54) is 32.1 Å². The van der Waals surface area contributed by atoms with Crippen molar-refractivity contribution in [2.75, 3.05) is 13.4 Å². The maximum absolute atomic E-state index is 6.26. The Bertz CT molecular complexity index is 494. The smallest absolute Gasteiger partial charge is 0.0991 e. The third kappa shape index (κ3) is 1.33. The molecular weight excluding hydrogens is 276 g/mol. The van der Waals surface area contributed by atoms with Crippen molar-refractivity contribution in [3.05, 3.63) is 11.1 Å². The largest absolute Gasteiger partial charge is 0.373 e. The molecule has 118 valence electrons. The van der Waals surface area contributed by atoms with Crippen molar-refractivity contribution in [3.8, 4) is 0 Å². The molecule has 0 aromatic carbocycles. The minimum absolute atomic E-state index is 0.0790. The summed E-state index contributed by atoms with van der Waals surface area (Å²) in [6.45, 7) is 9.99. The van der Waals surface area contributed by atoms with E-state index in [1.807, 2.05) is 12.7 Å². The van der Waals surface area contributed by atoms with Gasteiger partial charge in [-0.15, -0.1) is 0 Å². The summed E-state index contributed by atoms with van der Waals surface area (Å²) in [5.41, 5.74) is 4.44. The minimum atomic E-state index is 0.0790. The molecule has 4 rings (SSSR count). The van der Waals surface area contributed by atoms with Gasteiger partial charge < -0.3 is 4.74 Å². The Hall–Kier alpha value is 0.0500. The standard InChI is InChI=1S/C19H30OS/c1-12-10-18(20-5)14-15-17(4,9-7-8-16(14,18)3)19(15,21-6)11-13(12)2/h12-13H,7-11H2,1-6H3. The molecule has 4 aliphatic carbocycles. The summed E-state index contributed by atoms with van der Waals surface area (Å²) in [5.74, 6) is 1.56. The Morgan fingerprint density at radius 2 is 1.62 bits per heavy atom. The molecule has 4 aliphatic rings. The Balaban J connectivity index is 1.95. The third-order valence-corrected chi connectivity index (χ3v) is 9.58. The van der Waals surface area contributed by atoms with Gasteiger partial charge in [-0.3, -0.25) is 0 Å². The zero-order chi connectivity index (χ0) is 15.3. The van der Waals surface area contributed by atoms with Crippen LogP contribution in [0.4, 0.5) is 0 Å². The topological polar surface area (TPSA) is 9.23 Å². The van der Waals surface area contributed by atoms with E-state index in [0.717, 1.165) is 11.8 Å². The molecular formula is C19H30OS. The molecule has 0 aliphatic heterocycles. The summed E-state index contributed by atoms with van der Waals surface area (Å²) in [5, 5.41) is 0. The number of thioether (sulfide) groups is 1. The first-order chi connectivity index (χ1) is 9.83. The van der Waals surface area contributed by atoms with Crippen molar-refractivity contribution < 1.29 is 4.74 Å². The summed E-state index contributed by atoms with van der Waals surface area (Å²) in [4.78, 5) is 0. The molecule has 0 spiro atoms. The summed E-state index contributed by atoms with van der Waals surface area (Å²) < 4.78 is 6.69. The second kappa shape index (κ2) is 3.93. The molecule has 0 saturated heterocycles. The van der Waals surface area contributed by atoms with E-state index < -0.39 is 0 Å². The molecule has 6 atom stereocenters. The number of hydrogen-bond donors (Lipinski definition) is 0. The molecule has 6 unspecified atom stereocenters. The number of ether oxygens (including phenoxy) is 1. The van der Waals surface area contributed by atoms with Gasteiger partial charge in [0, 0.05) is 22.7 Å². The second-order valence-electron chi connectivity index (χ2n) is 8.69. The van der Waals surface area contributed by atoms with Gasteiger partial charge in [0.05, 0.1) is 5.60 Å². The summed E-state index contributed by atoms with van der Waals surface area (Å²) >= 11 is 2.14. The van der Waals surface area contributed by atoms with Crippen LogP contribution in [0, 0.1) is 22.7 Å². The average molecular weight is 307 g/mol. The van der Waals surface area contributed by atoms with Gasteiger partial charge in [-0.2, -0.15) is 11.8 Å². The fourth-order valence-electron chi connectivity index (χ4n) is 6.43. The molecule has 0 bridgehead atoms. The van der Waals surface area contributed by atoms with Crippen LogP contribution in [0.1, 0.15) is 59.8 Å². The predicted octanol–water partition coefficient (Wildman–Crippen LogP) is 5.06. The Kier molecular flexibility index (Phi) is 2.74. The first-order valence-corrected chi connectivity index (χ1v) is 9.92. The number of hydrogen-bond acceptors (Lipinski definition) is 2. The van der Waals surface area contributed by atoms with E-state index in [1.54, 1.807) is 5.57 Å². The van der Waals surface area contributed by atoms with Gasteiger partial charge in [0.2, 0.25) is 0 Å². The van der Waals surface area contributed by atoms with Crippen molar-refractivity contribution in [2.24, 2.45) is 22.7 Å². The molecule has 2 heteroatoms. The van der Waals surface area contributed by atoms with Gasteiger partial charge in [-0.25, -0.2) is 0 Å². The lowest BCUT2D eigenvalue weighted by Gasteiger charge is -2.30. The predicted molar refractivity (Wildman–Crippen MR) is 90.6 cm³/mol. The van der Waals surface area contributed by atoms with E-state index in [0.29, 0.717) is 15.6 Å². The van der Waals surface area contributed by atoms with Crippen LogP contribution in [-0.2, 0) is 4.74 Å². The van der Waals surface area contributed by atoms with Crippen LogP contribution in [0.5, 0.6) is 0 Å². The van der Waals surface area contributed by atoms with Gasteiger partial charge in [0.15, 0.2) is 0 Å². The van der Waals surface area contributed by atoms with Crippen LogP contribution >= 0.6 is 11.8 Å². The molecule has 21 heavy (non-hydrogen) atoms. The van der Waals surface area contributed by atoms with E-state index in [9.17, 15) is 0 Å². The average Bonchev–Trinajstić information content (AvgIpc) is 3.16. The molecule has 0 aromatic heterocycles. The van der Waals surface area contributed by atoms with Crippen molar-refractivity contribution in [3.63, 3.8) is 0 Å². The number of rotatable bonds is 2. The fraction of sp³-hybridized carbons (Fsp3) is 0.895. The highest BCUT2D eigenvalue weighted by molar-refractivity contribution is 8.00. The summed E-state index contributed by atoms with van der Waals surface area (Å²) in [6, 6.07) is 0. The van der Waals surface area contributed by atoms with Crippen LogP contribution in [0.25, 0.3) is 0 Å². The Labute approximate surface area is 134 Å². The van der Waals surface area contributed by atoms with E-state index in [2.05, 4.69) is 45.7 Å². The second-order valence-corrected chi connectivity index (χ2v) is 9.80. The SMILES string of the molecule is COC12CC(C)C(C)CC3(SC)C4=C1C2(C)CCCC43C. The molecule has 1 nitrogen and oxygen atoms in total. The maximum atomic E-state index is 6.26. The highest BCUT2D eigenvalue weighted by Crippen LogP contribution is 2.85. The monoisotopic (exact) mass is 306 g/mol. The van der Waals surface area contributed by atoms with Gasteiger partial charge in [0.25, 0.3) is 0 Å². The summed E-state index contributed by atoms with van der Waals surface area (Å²) in [7, 11) is 1.97. The highest BCUT2D eigenvalue weighted by atomic mass is 32.2. The first kappa shape index (κ1) is 14.6. The molecule has 0 N–H and O–H groups in total. The normalized spacial score (nSPS) is 58.0. The molecule has 2 fully saturated rings. The van der Waals surface area contributed by atoms with Crippen LogP contribution in [-0.4, -0.2) is 23.7 Å². The van der Waals surface area contributed by atoms with E-state index in [4.69, 9.17) is 4.74 Å². The zero-order valence-corrected chi connectivity index (χ0v) is 15.3. The Morgan fingerprint density at radius 3 is 2.24 bits per heavy atom. The number of fused-ring (bicyclic) bond motifs is 2. The van der Waals surface area contributed by atoms with Gasteiger partial charge in [-0.05, 0) is 54.9 Å².